The van der Waals surface area contributed by atoms with Crippen molar-refractivity contribution >= 4 is 62.3 Å². The molecule has 1 atom stereocenters. The van der Waals surface area contributed by atoms with Crippen LogP contribution >= 0.6 is 34.8 Å². The number of nitrogens with one attached hydrogen (secondary N) is 1. The average molecular weight is 507 g/mol. The fraction of sp³-hybridized carbons (Fsp3) is 0.300. The molecule has 0 aliphatic rings. The topological polar surface area (TPSA) is 86.8 Å². The van der Waals surface area contributed by atoms with Gasteiger partial charge in [0.2, 0.25) is 21.8 Å². The molecule has 0 saturated heterocycles. The number of rotatable bonds is 8. The molecular formula is C20H22Cl3N3O4S. The van der Waals surface area contributed by atoms with E-state index in [0.29, 0.717) is 0 Å². The summed E-state index contributed by atoms with van der Waals surface area (Å²) in [6.07, 6.45) is 0.947. The molecule has 1 N–H and O–H groups in total. The Hall–Kier alpha value is -2.00. The molecule has 1 unspecified atom stereocenters. The van der Waals surface area contributed by atoms with Gasteiger partial charge in [0.1, 0.15) is 12.6 Å². The molecule has 0 radical (unpaired) electrons. The van der Waals surface area contributed by atoms with Crippen molar-refractivity contribution in [3.8, 4) is 0 Å². The van der Waals surface area contributed by atoms with Crippen LogP contribution in [0.15, 0.2) is 42.5 Å². The standard InChI is InChI=1S/C20H22Cl3N3O4S/c1-13(20(28)24-2)25(11-14-7-5-4-6-8-14)19(27)12-26(31(3,29)30)18-10-16(22)15(21)9-17(18)23/h4-10,13H,11-12H2,1-3H3,(H,24,28). The summed E-state index contributed by atoms with van der Waals surface area (Å²) in [6.45, 7) is 1.10. The summed E-state index contributed by atoms with van der Waals surface area (Å²) in [5.74, 6) is -0.977. The van der Waals surface area contributed by atoms with Crippen molar-refractivity contribution in [1.82, 2.24) is 10.2 Å². The second-order valence-electron chi connectivity index (χ2n) is 6.78. The minimum Gasteiger partial charge on any atom is -0.357 e. The monoisotopic (exact) mass is 505 g/mol. The number of amides is 2. The molecule has 0 fully saturated rings. The molecular weight excluding hydrogens is 485 g/mol. The molecule has 2 aromatic rings. The molecule has 7 nitrogen and oxygen atoms in total. The first kappa shape index (κ1) is 25.3. The number of nitrogens with zero attached hydrogens (tertiary/aromatic N) is 2. The average Bonchev–Trinajstić information content (AvgIpc) is 2.71. The Morgan fingerprint density at radius 2 is 1.61 bits per heavy atom. The summed E-state index contributed by atoms with van der Waals surface area (Å²) in [7, 11) is -2.46. The van der Waals surface area contributed by atoms with Crippen molar-refractivity contribution in [1.29, 1.82) is 0 Å². The third-order valence-electron chi connectivity index (χ3n) is 4.55. The second-order valence-corrected chi connectivity index (χ2v) is 9.91. The van der Waals surface area contributed by atoms with Crippen LogP contribution in [0.1, 0.15) is 12.5 Å². The molecule has 0 saturated carbocycles. The van der Waals surface area contributed by atoms with Gasteiger partial charge in [-0.3, -0.25) is 13.9 Å². The lowest BCUT2D eigenvalue weighted by molar-refractivity contribution is -0.139. The maximum absolute atomic E-state index is 13.2. The van der Waals surface area contributed by atoms with Crippen molar-refractivity contribution in [3.63, 3.8) is 0 Å². The molecule has 0 heterocycles. The highest BCUT2D eigenvalue weighted by Crippen LogP contribution is 2.35. The molecule has 31 heavy (non-hydrogen) atoms. The van der Waals surface area contributed by atoms with Crippen LogP contribution in [0.3, 0.4) is 0 Å². The molecule has 2 amide bonds. The summed E-state index contributed by atoms with van der Waals surface area (Å²) in [5, 5.41) is 2.75. The van der Waals surface area contributed by atoms with Crippen LogP contribution in [0.4, 0.5) is 5.69 Å². The number of hydrogen-bond acceptors (Lipinski definition) is 4. The quantitative estimate of drug-likeness (QED) is 0.555. The Labute approximate surface area is 196 Å². The van der Waals surface area contributed by atoms with Gasteiger partial charge >= 0.3 is 0 Å². The van der Waals surface area contributed by atoms with E-state index >= 15 is 0 Å². The Kier molecular flexibility index (Phi) is 8.59. The number of carbonyl (C=O) groups is 2. The molecule has 2 aromatic carbocycles. The van der Waals surface area contributed by atoms with Gasteiger partial charge < -0.3 is 10.2 Å². The summed E-state index contributed by atoms with van der Waals surface area (Å²) < 4.78 is 25.8. The number of hydrogen-bond donors (Lipinski definition) is 1. The SMILES string of the molecule is CNC(=O)C(C)N(Cc1ccccc1)C(=O)CN(c1cc(Cl)c(Cl)cc1Cl)S(C)(=O)=O. The Balaban J connectivity index is 2.44. The van der Waals surface area contributed by atoms with Gasteiger partial charge in [0.05, 0.1) is 27.0 Å². The molecule has 0 aliphatic heterocycles. The van der Waals surface area contributed by atoms with Crippen LogP contribution in [-0.4, -0.2) is 51.0 Å². The lowest BCUT2D eigenvalue weighted by Crippen LogP contribution is -2.50. The van der Waals surface area contributed by atoms with Gasteiger partial charge in [0, 0.05) is 13.6 Å². The zero-order valence-electron chi connectivity index (χ0n) is 17.1. The zero-order chi connectivity index (χ0) is 23.3. The van der Waals surface area contributed by atoms with Crippen LogP contribution in [0, 0.1) is 0 Å². The van der Waals surface area contributed by atoms with Crippen molar-refractivity contribution < 1.29 is 18.0 Å². The molecule has 0 aliphatic carbocycles. The zero-order valence-corrected chi connectivity index (χ0v) is 20.2. The van der Waals surface area contributed by atoms with Crippen LogP contribution in [-0.2, 0) is 26.2 Å². The van der Waals surface area contributed by atoms with Gasteiger partial charge in [-0.25, -0.2) is 8.42 Å². The largest absolute Gasteiger partial charge is 0.357 e. The predicted molar refractivity (Wildman–Crippen MR) is 124 cm³/mol. The van der Waals surface area contributed by atoms with Crippen molar-refractivity contribution in [2.24, 2.45) is 0 Å². The van der Waals surface area contributed by atoms with E-state index in [1.54, 1.807) is 31.2 Å². The van der Waals surface area contributed by atoms with Crippen molar-refractivity contribution in [3.05, 3.63) is 63.1 Å². The normalized spacial score (nSPS) is 12.2. The van der Waals surface area contributed by atoms with Gasteiger partial charge in [-0.15, -0.1) is 0 Å². The minimum absolute atomic E-state index is 0.0131. The lowest BCUT2D eigenvalue weighted by atomic mass is 10.1. The van der Waals surface area contributed by atoms with Gasteiger partial charge in [-0.1, -0.05) is 65.1 Å². The predicted octanol–water partition coefficient (Wildman–Crippen LogP) is 3.58. The smallest absolute Gasteiger partial charge is 0.244 e. The van der Waals surface area contributed by atoms with Gasteiger partial charge in [0.25, 0.3) is 0 Å². The molecule has 11 heteroatoms. The third kappa shape index (κ3) is 6.49. The number of carbonyl (C=O) groups excluding carboxylic acids is 2. The summed E-state index contributed by atoms with van der Waals surface area (Å²) >= 11 is 18.2. The number of sulfonamides is 1. The maximum atomic E-state index is 13.2. The fourth-order valence-corrected chi connectivity index (χ4v) is 4.42. The van der Waals surface area contributed by atoms with E-state index in [1.165, 1.54) is 24.1 Å². The first-order valence-corrected chi connectivity index (χ1v) is 12.1. The summed E-state index contributed by atoms with van der Waals surface area (Å²) in [6, 6.07) is 10.8. The van der Waals surface area contributed by atoms with E-state index in [9.17, 15) is 18.0 Å². The Morgan fingerprint density at radius 3 is 2.16 bits per heavy atom. The number of benzene rings is 2. The summed E-state index contributed by atoms with van der Waals surface area (Å²) in [4.78, 5) is 26.8. The fourth-order valence-electron chi connectivity index (χ4n) is 2.87. The van der Waals surface area contributed by atoms with E-state index in [4.69, 9.17) is 34.8 Å². The third-order valence-corrected chi connectivity index (χ3v) is 6.70. The van der Waals surface area contributed by atoms with E-state index in [-0.39, 0.29) is 33.2 Å². The van der Waals surface area contributed by atoms with Crippen molar-refractivity contribution in [2.75, 3.05) is 24.2 Å². The molecule has 0 spiro atoms. The van der Waals surface area contributed by atoms with Crippen LogP contribution in [0.2, 0.25) is 15.1 Å². The van der Waals surface area contributed by atoms with E-state index in [1.807, 2.05) is 6.07 Å². The van der Waals surface area contributed by atoms with Crippen LogP contribution in [0.5, 0.6) is 0 Å². The van der Waals surface area contributed by atoms with E-state index in [0.717, 1.165) is 16.1 Å². The molecule has 0 aromatic heterocycles. The number of anilines is 1. The van der Waals surface area contributed by atoms with E-state index < -0.39 is 28.5 Å². The summed E-state index contributed by atoms with van der Waals surface area (Å²) in [5.41, 5.74) is 0.796. The Bertz CT molecular complexity index is 1060. The van der Waals surface area contributed by atoms with Gasteiger partial charge in [0.15, 0.2) is 0 Å². The molecule has 168 valence electrons. The minimum atomic E-state index is -3.92. The Morgan fingerprint density at radius 1 is 1.03 bits per heavy atom. The van der Waals surface area contributed by atoms with Gasteiger partial charge in [-0.05, 0) is 24.6 Å². The van der Waals surface area contributed by atoms with Crippen LogP contribution < -0.4 is 9.62 Å². The number of halogens is 3. The second kappa shape index (κ2) is 10.5. The first-order valence-electron chi connectivity index (χ1n) is 9.13. The lowest BCUT2D eigenvalue weighted by Gasteiger charge is -2.31. The maximum Gasteiger partial charge on any atom is 0.244 e. The molecule has 0 bridgehead atoms. The number of likely N-dealkylation sites (N-methyl/N-ethyl adjacent to an activating group) is 1. The highest BCUT2D eigenvalue weighted by molar-refractivity contribution is 7.92. The molecule has 2 rings (SSSR count). The first-order chi connectivity index (χ1) is 14.5. The van der Waals surface area contributed by atoms with Crippen molar-refractivity contribution in [2.45, 2.75) is 19.5 Å². The van der Waals surface area contributed by atoms with Gasteiger partial charge in [-0.2, -0.15) is 0 Å². The van der Waals surface area contributed by atoms with E-state index in [2.05, 4.69) is 5.32 Å². The highest BCUT2D eigenvalue weighted by atomic mass is 35.5. The highest BCUT2D eigenvalue weighted by Gasteiger charge is 2.30. The van der Waals surface area contributed by atoms with Crippen LogP contribution in [0.25, 0.3) is 0 Å².